The highest BCUT2D eigenvalue weighted by Gasteiger charge is 2.14. The third-order valence-corrected chi connectivity index (χ3v) is 4.64. The first-order valence-electron chi connectivity index (χ1n) is 8.21. The Hall–Kier alpha value is -3.40. The van der Waals surface area contributed by atoms with Gasteiger partial charge in [0.05, 0.1) is 29.5 Å². The third-order valence-electron chi connectivity index (χ3n) is 3.79. The van der Waals surface area contributed by atoms with Crippen LogP contribution >= 0.6 is 11.8 Å². The fraction of sp³-hybridized carbons (Fsp3) is 0.167. The van der Waals surface area contributed by atoms with Crippen LogP contribution in [0.3, 0.4) is 0 Å². The molecule has 10 heteroatoms. The summed E-state index contributed by atoms with van der Waals surface area (Å²) in [5, 5.41) is 20.9. The van der Waals surface area contributed by atoms with E-state index in [0.717, 1.165) is 11.1 Å². The Morgan fingerprint density at radius 3 is 2.71 bits per heavy atom. The van der Waals surface area contributed by atoms with E-state index in [0.29, 0.717) is 16.7 Å². The number of aryl methyl sites for hydroxylation is 1. The average molecular weight is 399 g/mol. The number of nitrogens with one attached hydrogen (secondary N) is 2. The molecule has 0 saturated heterocycles. The largest absolute Gasteiger partial charge is 0.494 e. The second kappa shape index (κ2) is 8.53. The molecular formula is C18H17N5O4S. The van der Waals surface area contributed by atoms with Crippen molar-refractivity contribution in [2.45, 2.75) is 12.1 Å². The number of amides is 1. The fourth-order valence-corrected chi connectivity index (χ4v) is 2.96. The summed E-state index contributed by atoms with van der Waals surface area (Å²) in [5.74, 6) is 0.608. The molecule has 0 aliphatic heterocycles. The van der Waals surface area contributed by atoms with Crippen molar-refractivity contribution in [3.8, 4) is 17.1 Å². The lowest BCUT2D eigenvalue weighted by Gasteiger charge is -2.09. The summed E-state index contributed by atoms with van der Waals surface area (Å²) >= 11 is 1.17. The second-order valence-corrected chi connectivity index (χ2v) is 6.75. The molecule has 0 radical (unpaired) electrons. The van der Waals surface area contributed by atoms with E-state index in [4.69, 9.17) is 4.74 Å². The highest BCUT2D eigenvalue weighted by Crippen LogP contribution is 2.29. The zero-order valence-corrected chi connectivity index (χ0v) is 15.9. The van der Waals surface area contributed by atoms with Gasteiger partial charge in [0.2, 0.25) is 11.1 Å². The number of methoxy groups -OCH3 is 1. The zero-order valence-electron chi connectivity index (χ0n) is 15.1. The number of benzene rings is 2. The van der Waals surface area contributed by atoms with Gasteiger partial charge in [-0.2, -0.15) is 0 Å². The van der Waals surface area contributed by atoms with E-state index in [1.807, 2.05) is 31.2 Å². The van der Waals surface area contributed by atoms with E-state index < -0.39 is 4.92 Å². The third kappa shape index (κ3) is 4.65. The van der Waals surface area contributed by atoms with E-state index in [1.165, 1.54) is 37.1 Å². The standard InChI is InChI=1S/C18H17N5O4S/c1-11-3-5-12(6-4-11)17-20-18(22-21-17)28-10-16(24)19-14-8-7-13(23(25)26)9-15(14)27-2/h3-9H,10H2,1-2H3,(H,19,24)(H,20,21,22). The second-order valence-electron chi connectivity index (χ2n) is 5.81. The molecule has 0 saturated carbocycles. The smallest absolute Gasteiger partial charge is 0.273 e. The molecule has 0 bridgehead atoms. The number of hydrogen-bond donors (Lipinski definition) is 2. The van der Waals surface area contributed by atoms with Crippen molar-refractivity contribution in [3.63, 3.8) is 0 Å². The van der Waals surface area contributed by atoms with Crippen LogP contribution in [-0.2, 0) is 4.79 Å². The lowest BCUT2D eigenvalue weighted by Crippen LogP contribution is -2.14. The normalized spacial score (nSPS) is 10.5. The molecule has 0 unspecified atom stereocenters. The highest BCUT2D eigenvalue weighted by atomic mass is 32.2. The molecule has 0 spiro atoms. The Labute approximate surface area is 164 Å². The minimum atomic E-state index is -0.529. The van der Waals surface area contributed by atoms with Crippen LogP contribution in [0.5, 0.6) is 5.75 Å². The molecule has 1 amide bonds. The van der Waals surface area contributed by atoms with Crippen LogP contribution in [0.25, 0.3) is 11.4 Å². The summed E-state index contributed by atoms with van der Waals surface area (Å²) in [6.07, 6.45) is 0. The molecular weight excluding hydrogens is 382 g/mol. The van der Waals surface area contributed by atoms with Crippen LogP contribution in [0, 0.1) is 17.0 Å². The first-order chi connectivity index (χ1) is 13.5. The van der Waals surface area contributed by atoms with Gasteiger partial charge in [0.1, 0.15) is 5.75 Å². The van der Waals surface area contributed by atoms with Gasteiger partial charge in [-0.05, 0) is 13.0 Å². The summed E-state index contributed by atoms with van der Waals surface area (Å²) in [4.78, 5) is 26.9. The number of anilines is 1. The van der Waals surface area contributed by atoms with E-state index in [2.05, 4.69) is 20.5 Å². The maximum absolute atomic E-state index is 12.2. The predicted molar refractivity (Wildman–Crippen MR) is 106 cm³/mol. The lowest BCUT2D eigenvalue weighted by molar-refractivity contribution is -0.384. The summed E-state index contributed by atoms with van der Waals surface area (Å²) in [6.45, 7) is 2.00. The molecule has 0 atom stereocenters. The molecule has 1 heterocycles. The van der Waals surface area contributed by atoms with Gasteiger partial charge in [0.15, 0.2) is 5.82 Å². The number of aromatic nitrogens is 3. The van der Waals surface area contributed by atoms with Crippen LogP contribution in [-0.4, -0.2) is 38.9 Å². The number of H-pyrrole nitrogens is 1. The van der Waals surface area contributed by atoms with Gasteiger partial charge in [-0.15, -0.1) is 5.10 Å². The van der Waals surface area contributed by atoms with Crippen molar-refractivity contribution in [3.05, 3.63) is 58.1 Å². The van der Waals surface area contributed by atoms with Crippen LogP contribution in [0.2, 0.25) is 0 Å². The van der Waals surface area contributed by atoms with Crippen LogP contribution in [0.15, 0.2) is 47.6 Å². The Bertz CT molecular complexity index is 1000. The Morgan fingerprint density at radius 1 is 1.29 bits per heavy atom. The number of rotatable bonds is 7. The van der Waals surface area contributed by atoms with Gasteiger partial charge in [0.25, 0.3) is 5.69 Å². The van der Waals surface area contributed by atoms with Gasteiger partial charge < -0.3 is 10.1 Å². The van der Waals surface area contributed by atoms with Crippen molar-refractivity contribution in [1.82, 2.24) is 15.2 Å². The number of nitrogens with zero attached hydrogens (tertiary/aromatic N) is 3. The van der Waals surface area contributed by atoms with Crippen molar-refractivity contribution >= 4 is 29.0 Å². The molecule has 0 aliphatic rings. The maximum Gasteiger partial charge on any atom is 0.273 e. The summed E-state index contributed by atoms with van der Waals surface area (Å²) in [5.41, 5.74) is 2.30. The van der Waals surface area contributed by atoms with Crippen molar-refractivity contribution in [1.29, 1.82) is 0 Å². The van der Waals surface area contributed by atoms with Gasteiger partial charge in [-0.3, -0.25) is 20.0 Å². The molecule has 2 N–H and O–H groups in total. The van der Waals surface area contributed by atoms with Gasteiger partial charge in [-0.25, -0.2) is 4.98 Å². The number of hydrogen-bond acceptors (Lipinski definition) is 7. The number of thioether (sulfide) groups is 1. The summed E-state index contributed by atoms with van der Waals surface area (Å²) in [7, 11) is 1.38. The molecule has 144 valence electrons. The van der Waals surface area contributed by atoms with E-state index >= 15 is 0 Å². The Kier molecular flexibility index (Phi) is 5.90. The molecule has 0 aliphatic carbocycles. The van der Waals surface area contributed by atoms with Crippen molar-refractivity contribution in [2.75, 3.05) is 18.2 Å². The number of carbonyl (C=O) groups is 1. The lowest BCUT2D eigenvalue weighted by atomic mass is 10.1. The molecule has 9 nitrogen and oxygen atoms in total. The van der Waals surface area contributed by atoms with Crippen molar-refractivity contribution in [2.24, 2.45) is 0 Å². The van der Waals surface area contributed by atoms with E-state index in [9.17, 15) is 14.9 Å². The maximum atomic E-state index is 12.2. The Morgan fingerprint density at radius 2 is 2.04 bits per heavy atom. The first kappa shape index (κ1) is 19.4. The molecule has 1 aromatic heterocycles. The number of ether oxygens (including phenoxy) is 1. The monoisotopic (exact) mass is 399 g/mol. The minimum absolute atomic E-state index is 0.0747. The van der Waals surface area contributed by atoms with Gasteiger partial charge >= 0.3 is 0 Å². The molecule has 3 aromatic rings. The summed E-state index contributed by atoms with van der Waals surface area (Å²) < 4.78 is 5.10. The quantitative estimate of drug-likeness (QED) is 0.354. The first-order valence-corrected chi connectivity index (χ1v) is 9.19. The fourth-order valence-electron chi connectivity index (χ4n) is 2.36. The topological polar surface area (TPSA) is 123 Å². The van der Waals surface area contributed by atoms with Crippen molar-refractivity contribution < 1.29 is 14.5 Å². The highest BCUT2D eigenvalue weighted by molar-refractivity contribution is 7.99. The molecule has 0 fully saturated rings. The number of aromatic amines is 1. The number of nitro benzene ring substituents is 1. The number of carbonyl (C=O) groups excluding carboxylic acids is 1. The Balaban J connectivity index is 1.60. The van der Waals surface area contributed by atoms with Crippen LogP contribution in [0.4, 0.5) is 11.4 Å². The van der Waals surface area contributed by atoms with Gasteiger partial charge in [-0.1, -0.05) is 41.6 Å². The molecule has 2 aromatic carbocycles. The van der Waals surface area contributed by atoms with Crippen LogP contribution < -0.4 is 10.1 Å². The van der Waals surface area contributed by atoms with E-state index in [1.54, 1.807) is 0 Å². The van der Waals surface area contributed by atoms with Crippen LogP contribution in [0.1, 0.15) is 5.56 Å². The SMILES string of the molecule is COc1cc([N+](=O)[O-])ccc1NC(=O)CSc1n[nH]c(-c2ccc(C)cc2)n1. The summed E-state index contributed by atoms with van der Waals surface area (Å²) in [6, 6.07) is 11.8. The predicted octanol–water partition coefficient (Wildman–Crippen LogP) is 3.43. The molecule has 3 rings (SSSR count). The average Bonchev–Trinajstić information content (AvgIpc) is 3.16. The minimum Gasteiger partial charge on any atom is -0.494 e. The number of non-ortho nitro benzene ring substituents is 1. The zero-order chi connectivity index (χ0) is 20.1. The molecule has 28 heavy (non-hydrogen) atoms. The van der Waals surface area contributed by atoms with Gasteiger partial charge in [0, 0.05) is 11.6 Å². The van der Waals surface area contributed by atoms with E-state index in [-0.39, 0.29) is 23.1 Å². The number of nitro groups is 1.